The second-order valence-corrected chi connectivity index (χ2v) is 7.29. The van der Waals surface area contributed by atoms with E-state index in [1.807, 2.05) is 0 Å². The Morgan fingerprint density at radius 3 is 2.52 bits per heavy atom. The van der Waals surface area contributed by atoms with Gasteiger partial charge in [-0.2, -0.15) is 0 Å². The van der Waals surface area contributed by atoms with Gasteiger partial charge in [-0.05, 0) is 25.0 Å². The van der Waals surface area contributed by atoms with Gasteiger partial charge in [-0.15, -0.1) is 0 Å². The van der Waals surface area contributed by atoms with E-state index in [9.17, 15) is 14.0 Å². The van der Waals surface area contributed by atoms with Gasteiger partial charge in [-0.1, -0.05) is 38.4 Å². The number of hydrogen-bond acceptors (Lipinski definition) is 2. The van der Waals surface area contributed by atoms with Gasteiger partial charge in [0.1, 0.15) is 5.82 Å². The Labute approximate surface area is 141 Å². The van der Waals surface area contributed by atoms with Crippen LogP contribution >= 0.6 is 11.6 Å². The molecule has 1 aliphatic rings. The van der Waals surface area contributed by atoms with Gasteiger partial charge in [0.15, 0.2) is 0 Å². The lowest BCUT2D eigenvalue weighted by molar-refractivity contribution is -0.136. The van der Waals surface area contributed by atoms with Gasteiger partial charge in [-0.25, -0.2) is 4.39 Å². The lowest BCUT2D eigenvalue weighted by Gasteiger charge is -2.25. The van der Waals surface area contributed by atoms with E-state index in [-0.39, 0.29) is 30.9 Å². The molecule has 1 aromatic rings. The summed E-state index contributed by atoms with van der Waals surface area (Å²) in [5, 5.41) is 2.95. The van der Waals surface area contributed by atoms with E-state index in [1.165, 1.54) is 12.1 Å². The van der Waals surface area contributed by atoms with Crippen molar-refractivity contribution in [3.8, 4) is 0 Å². The number of hydrogen-bond donors (Lipinski definition) is 1. The SMILES string of the molecule is CC(C)(C)C(=O)NCC(=O)N(Cc1c(F)cccc1Cl)C1CC1. The van der Waals surface area contributed by atoms with Crippen LogP contribution in [0.2, 0.25) is 5.02 Å². The van der Waals surface area contributed by atoms with E-state index >= 15 is 0 Å². The highest BCUT2D eigenvalue weighted by Crippen LogP contribution is 2.30. The predicted octanol–water partition coefficient (Wildman–Crippen LogP) is 3.13. The fourth-order valence-corrected chi connectivity index (χ4v) is 2.41. The second kappa shape index (κ2) is 6.87. The molecule has 1 fully saturated rings. The molecular weight excluding hydrogens is 319 g/mol. The lowest BCUT2D eigenvalue weighted by Crippen LogP contribution is -2.44. The number of carbonyl (C=O) groups is 2. The molecule has 2 rings (SSSR count). The zero-order chi connectivity index (χ0) is 17.2. The van der Waals surface area contributed by atoms with Gasteiger partial charge in [0.05, 0.1) is 13.1 Å². The quantitative estimate of drug-likeness (QED) is 0.895. The first-order valence-corrected chi connectivity index (χ1v) is 8.08. The van der Waals surface area contributed by atoms with Crippen LogP contribution in [0.5, 0.6) is 0 Å². The monoisotopic (exact) mass is 340 g/mol. The number of benzene rings is 1. The fourth-order valence-electron chi connectivity index (χ4n) is 2.18. The number of halogens is 2. The molecule has 1 N–H and O–H groups in total. The number of carbonyl (C=O) groups excluding carboxylic acids is 2. The minimum Gasteiger partial charge on any atom is -0.347 e. The van der Waals surface area contributed by atoms with Crippen LogP contribution in [0.3, 0.4) is 0 Å². The highest BCUT2D eigenvalue weighted by Gasteiger charge is 2.34. The van der Waals surface area contributed by atoms with Crippen LogP contribution in [-0.2, 0) is 16.1 Å². The number of amides is 2. The number of nitrogens with one attached hydrogen (secondary N) is 1. The van der Waals surface area contributed by atoms with Crippen molar-refractivity contribution in [2.45, 2.75) is 46.2 Å². The first-order chi connectivity index (χ1) is 10.7. The summed E-state index contributed by atoms with van der Waals surface area (Å²) in [4.78, 5) is 25.9. The first kappa shape index (κ1) is 17.7. The molecule has 126 valence electrons. The summed E-state index contributed by atoms with van der Waals surface area (Å²) in [5.41, 5.74) is -0.240. The normalized spacial score (nSPS) is 14.5. The zero-order valence-electron chi connectivity index (χ0n) is 13.7. The molecule has 0 radical (unpaired) electrons. The molecule has 4 nitrogen and oxygen atoms in total. The molecule has 1 aromatic carbocycles. The largest absolute Gasteiger partial charge is 0.347 e. The van der Waals surface area contributed by atoms with Crippen LogP contribution in [-0.4, -0.2) is 29.3 Å². The van der Waals surface area contributed by atoms with Crippen molar-refractivity contribution in [2.75, 3.05) is 6.54 Å². The minimum atomic E-state index is -0.556. The molecule has 0 saturated heterocycles. The van der Waals surface area contributed by atoms with Crippen molar-refractivity contribution < 1.29 is 14.0 Å². The molecule has 0 atom stereocenters. The molecule has 6 heteroatoms. The number of rotatable bonds is 5. The average Bonchev–Trinajstić information content (AvgIpc) is 3.27. The summed E-state index contributed by atoms with van der Waals surface area (Å²) in [6, 6.07) is 4.58. The first-order valence-electron chi connectivity index (χ1n) is 7.71. The maximum atomic E-state index is 13.9. The van der Waals surface area contributed by atoms with Gasteiger partial charge < -0.3 is 10.2 Å². The van der Waals surface area contributed by atoms with Crippen LogP contribution in [0, 0.1) is 11.2 Å². The summed E-state index contributed by atoms with van der Waals surface area (Å²) < 4.78 is 13.9. The molecule has 1 aliphatic carbocycles. The van der Waals surface area contributed by atoms with Gasteiger partial charge in [0, 0.05) is 22.0 Å². The Kier molecular flexibility index (Phi) is 5.30. The van der Waals surface area contributed by atoms with Crippen LogP contribution in [0.1, 0.15) is 39.2 Å². The van der Waals surface area contributed by atoms with Crippen molar-refractivity contribution in [1.82, 2.24) is 10.2 Å². The molecular formula is C17H22ClFN2O2. The number of nitrogens with zero attached hydrogens (tertiary/aromatic N) is 1. The maximum Gasteiger partial charge on any atom is 0.242 e. The van der Waals surface area contributed by atoms with Crippen LogP contribution in [0.25, 0.3) is 0 Å². The van der Waals surface area contributed by atoms with E-state index in [2.05, 4.69) is 5.32 Å². The predicted molar refractivity (Wildman–Crippen MR) is 87.4 cm³/mol. The van der Waals surface area contributed by atoms with Crippen LogP contribution in [0.15, 0.2) is 18.2 Å². The molecule has 0 heterocycles. The molecule has 23 heavy (non-hydrogen) atoms. The van der Waals surface area contributed by atoms with E-state index in [0.717, 1.165) is 12.8 Å². The van der Waals surface area contributed by atoms with Crippen molar-refractivity contribution in [1.29, 1.82) is 0 Å². The Hall–Kier alpha value is -1.62. The topological polar surface area (TPSA) is 49.4 Å². The summed E-state index contributed by atoms with van der Waals surface area (Å²) in [6.07, 6.45) is 1.79. The average molecular weight is 341 g/mol. The second-order valence-electron chi connectivity index (χ2n) is 6.89. The Morgan fingerprint density at radius 2 is 2.00 bits per heavy atom. The lowest BCUT2D eigenvalue weighted by atomic mass is 9.96. The molecule has 0 bridgehead atoms. The standard InChI is InChI=1S/C17H22ClFN2O2/c1-17(2,3)16(23)20-9-15(22)21(11-7-8-11)10-12-13(18)5-4-6-14(12)19/h4-6,11H,7-10H2,1-3H3,(H,20,23). The Bertz CT molecular complexity index is 589. The van der Waals surface area contributed by atoms with Gasteiger partial charge in [0.25, 0.3) is 0 Å². The molecule has 0 aromatic heterocycles. The molecule has 2 amide bonds. The van der Waals surface area contributed by atoms with Crippen molar-refractivity contribution in [3.05, 3.63) is 34.6 Å². The van der Waals surface area contributed by atoms with E-state index < -0.39 is 11.2 Å². The van der Waals surface area contributed by atoms with Crippen LogP contribution in [0.4, 0.5) is 4.39 Å². The highest BCUT2D eigenvalue weighted by molar-refractivity contribution is 6.31. The fraction of sp³-hybridized carbons (Fsp3) is 0.529. The highest BCUT2D eigenvalue weighted by atomic mass is 35.5. The van der Waals surface area contributed by atoms with Gasteiger partial charge in [0.2, 0.25) is 11.8 Å². The molecule has 1 saturated carbocycles. The van der Waals surface area contributed by atoms with Crippen molar-refractivity contribution >= 4 is 23.4 Å². The summed E-state index contributed by atoms with van der Waals surface area (Å²) in [7, 11) is 0. The Morgan fingerprint density at radius 1 is 1.35 bits per heavy atom. The van der Waals surface area contributed by atoms with Gasteiger partial charge >= 0.3 is 0 Å². The zero-order valence-corrected chi connectivity index (χ0v) is 14.4. The maximum absolute atomic E-state index is 13.9. The molecule has 0 aliphatic heterocycles. The van der Waals surface area contributed by atoms with Crippen molar-refractivity contribution in [2.24, 2.45) is 5.41 Å². The Balaban J connectivity index is 2.04. The van der Waals surface area contributed by atoms with Crippen molar-refractivity contribution in [3.63, 3.8) is 0 Å². The van der Waals surface area contributed by atoms with Gasteiger partial charge in [-0.3, -0.25) is 9.59 Å². The van der Waals surface area contributed by atoms with Crippen LogP contribution < -0.4 is 5.32 Å². The minimum absolute atomic E-state index is 0.0846. The third-order valence-corrected chi connectivity index (χ3v) is 4.13. The van der Waals surface area contributed by atoms with E-state index in [0.29, 0.717) is 10.6 Å². The summed E-state index contributed by atoms with van der Waals surface area (Å²) >= 11 is 6.04. The summed E-state index contributed by atoms with van der Waals surface area (Å²) in [6.45, 7) is 5.39. The third kappa shape index (κ3) is 4.67. The molecule has 0 unspecified atom stereocenters. The molecule has 0 spiro atoms. The van der Waals surface area contributed by atoms with E-state index in [4.69, 9.17) is 11.6 Å². The van der Waals surface area contributed by atoms with E-state index in [1.54, 1.807) is 31.7 Å². The summed E-state index contributed by atoms with van der Waals surface area (Å²) in [5.74, 6) is -0.829. The third-order valence-electron chi connectivity index (χ3n) is 3.78. The smallest absolute Gasteiger partial charge is 0.242 e.